The van der Waals surface area contributed by atoms with E-state index in [9.17, 15) is 18.0 Å². The summed E-state index contributed by atoms with van der Waals surface area (Å²) >= 11 is 0. The zero-order valence-electron chi connectivity index (χ0n) is 16.8. The minimum Gasteiger partial charge on any atom is -0.342 e. The lowest BCUT2D eigenvalue weighted by atomic mass is 9.96. The number of benzene rings is 3. The molecule has 4 rings (SSSR count). The highest BCUT2D eigenvalue weighted by molar-refractivity contribution is 6.04. The minimum atomic E-state index is -4.37. The van der Waals surface area contributed by atoms with Gasteiger partial charge in [0, 0.05) is 12.6 Å². The Morgan fingerprint density at radius 3 is 2.48 bits per heavy atom. The molecule has 0 saturated carbocycles. The number of amidine groups is 1. The van der Waals surface area contributed by atoms with Crippen molar-refractivity contribution in [2.24, 2.45) is 5.10 Å². The number of amides is 1. The second-order valence-corrected chi connectivity index (χ2v) is 7.26. The van der Waals surface area contributed by atoms with E-state index in [0.717, 1.165) is 28.5 Å². The summed E-state index contributed by atoms with van der Waals surface area (Å²) in [5, 5.41) is 10.3. The molecule has 0 unspecified atom stereocenters. The molecule has 1 atom stereocenters. The van der Waals surface area contributed by atoms with Gasteiger partial charge < -0.3 is 5.32 Å². The molecule has 6 nitrogen and oxygen atoms in total. The highest BCUT2D eigenvalue weighted by Crippen LogP contribution is 2.33. The highest BCUT2D eigenvalue weighted by atomic mass is 19.4. The van der Waals surface area contributed by atoms with Crippen LogP contribution in [0, 0.1) is 0 Å². The molecule has 3 aromatic carbocycles. The molecule has 1 aliphatic heterocycles. The minimum absolute atomic E-state index is 0.252. The van der Waals surface area contributed by atoms with E-state index < -0.39 is 11.7 Å². The van der Waals surface area contributed by atoms with Crippen molar-refractivity contribution in [3.05, 3.63) is 71.8 Å². The van der Waals surface area contributed by atoms with Crippen LogP contribution in [0.25, 0.3) is 21.9 Å². The molecule has 0 aromatic heterocycles. The fourth-order valence-corrected chi connectivity index (χ4v) is 3.54. The number of hydrogen-bond acceptors (Lipinski definition) is 5. The maximum atomic E-state index is 12.9. The van der Waals surface area contributed by atoms with Crippen molar-refractivity contribution >= 4 is 22.5 Å². The number of carbonyl (C=O) groups is 1. The fourth-order valence-electron chi connectivity index (χ4n) is 3.54. The zero-order valence-corrected chi connectivity index (χ0v) is 16.8. The second-order valence-electron chi connectivity index (χ2n) is 7.26. The van der Waals surface area contributed by atoms with E-state index in [1.165, 1.54) is 12.1 Å². The number of likely N-dealkylation sites (N-methyl/N-ethyl adjacent to an activating group) is 1. The van der Waals surface area contributed by atoms with Crippen LogP contribution >= 0.6 is 0 Å². The van der Waals surface area contributed by atoms with Gasteiger partial charge in [0.25, 0.3) is 5.91 Å². The van der Waals surface area contributed by atoms with Gasteiger partial charge in [0.15, 0.2) is 5.84 Å². The average molecular weight is 427 g/mol. The predicted octanol–water partition coefficient (Wildman–Crippen LogP) is 3.91. The lowest BCUT2D eigenvalue weighted by Crippen LogP contribution is -2.47. The first kappa shape index (κ1) is 20.7. The van der Waals surface area contributed by atoms with Crippen LogP contribution in [0.1, 0.15) is 22.8 Å². The molecule has 0 radical (unpaired) electrons. The Bertz CT molecular complexity index is 1160. The first-order valence-corrected chi connectivity index (χ1v) is 9.57. The molecule has 3 aromatic rings. The van der Waals surface area contributed by atoms with Crippen LogP contribution in [0.4, 0.5) is 13.2 Å². The number of halogens is 3. The summed E-state index contributed by atoms with van der Waals surface area (Å²) in [4.78, 5) is 12.7. The second kappa shape index (κ2) is 7.92. The van der Waals surface area contributed by atoms with Crippen molar-refractivity contribution in [3.8, 4) is 11.1 Å². The smallest absolute Gasteiger partial charge is 0.342 e. The van der Waals surface area contributed by atoms with Crippen molar-refractivity contribution in [2.45, 2.75) is 19.1 Å². The van der Waals surface area contributed by atoms with Crippen LogP contribution in [0.15, 0.2) is 65.8 Å². The van der Waals surface area contributed by atoms with Gasteiger partial charge in [-0.15, -0.1) is 10.6 Å². The largest absolute Gasteiger partial charge is 0.416 e. The molecular formula is C22H20F3N5O. The first-order valence-electron chi connectivity index (χ1n) is 9.57. The van der Waals surface area contributed by atoms with E-state index in [2.05, 4.69) is 21.5 Å². The number of hydrazine groups is 2. The monoisotopic (exact) mass is 427 g/mol. The Labute approximate surface area is 176 Å². The topological polar surface area (TPSA) is 68.8 Å². The third kappa shape index (κ3) is 4.17. The Kier molecular flexibility index (Phi) is 5.28. The number of fused-ring (bicyclic) bond motifs is 1. The van der Waals surface area contributed by atoms with Crippen LogP contribution in [0.5, 0.6) is 0 Å². The summed E-state index contributed by atoms with van der Waals surface area (Å²) in [5.74, 6) is 0.385. The molecule has 9 heteroatoms. The molecule has 0 bridgehead atoms. The number of hydrogen-bond donors (Lipinski definition) is 3. The van der Waals surface area contributed by atoms with Gasteiger partial charge >= 0.3 is 6.18 Å². The molecule has 0 aliphatic carbocycles. The molecule has 1 heterocycles. The van der Waals surface area contributed by atoms with Crippen molar-refractivity contribution < 1.29 is 18.0 Å². The van der Waals surface area contributed by atoms with Gasteiger partial charge in [0.1, 0.15) is 0 Å². The molecule has 1 amide bonds. The predicted molar refractivity (Wildman–Crippen MR) is 113 cm³/mol. The van der Waals surface area contributed by atoms with E-state index in [1.807, 2.05) is 31.2 Å². The number of alkyl halides is 3. The third-order valence-corrected chi connectivity index (χ3v) is 5.13. The van der Waals surface area contributed by atoms with Gasteiger partial charge in [0.05, 0.1) is 11.6 Å². The maximum absolute atomic E-state index is 12.9. The van der Waals surface area contributed by atoms with Crippen LogP contribution < -0.4 is 16.4 Å². The molecule has 160 valence electrons. The summed E-state index contributed by atoms with van der Waals surface area (Å²) in [7, 11) is 1.78. The van der Waals surface area contributed by atoms with Crippen molar-refractivity contribution in [1.29, 1.82) is 0 Å². The molecule has 1 aliphatic rings. The molecular weight excluding hydrogens is 407 g/mol. The number of nitrogens with one attached hydrogen (secondary N) is 3. The standard InChI is InChI=1S/C22H20F3N5O/c1-13(20-27-28-29-30(20)2)26-21(31)16-8-11-19-15(12-16)4-3-5-18(19)14-6-9-17(10-7-14)22(23,24)25/h3-13,28-29H,1-2H3,(H,26,31)/t13-/m0/s1. The van der Waals surface area contributed by atoms with E-state index in [0.29, 0.717) is 17.0 Å². The number of hydrazone groups is 1. The van der Waals surface area contributed by atoms with Crippen molar-refractivity contribution in [1.82, 2.24) is 21.4 Å². The molecule has 3 N–H and O–H groups in total. The normalized spacial score (nSPS) is 14.9. The number of nitrogens with zero attached hydrogens (tertiary/aromatic N) is 2. The summed E-state index contributed by atoms with van der Waals surface area (Å²) in [6.45, 7) is 1.83. The lowest BCUT2D eigenvalue weighted by Gasteiger charge is -2.19. The van der Waals surface area contributed by atoms with E-state index in [4.69, 9.17) is 0 Å². The lowest BCUT2D eigenvalue weighted by molar-refractivity contribution is -0.137. The van der Waals surface area contributed by atoms with Crippen LogP contribution in [0.2, 0.25) is 0 Å². The van der Waals surface area contributed by atoms with Crippen LogP contribution in [0.3, 0.4) is 0 Å². The molecule has 31 heavy (non-hydrogen) atoms. The fraction of sp³-hybridized carbons (Fsp3) is 0.182. The van der Waals surface area contributed by atoms with E-state index in [1.54, 1.807) is 24.2 Å². The third-order valence-electron chi connectivity index (χ3n) is 5.13. The van der Waals surface area contributed by atoms with Gasteiger partial charge in [0.2, 0.25) is 0 Å². The molecule has 0 spiro atoms. The summed E-state index contributed by atoms with van der Waals surface area (Å²) in [6, 6.07) is 15.6. The quantitative estimate of drug-likeness (QED) is 0.591. The van der Waals surface area contributed by atoms with Crippen LogP contribution in [-0.4, -0.2) is 29.8 Å². The SMILES string of the molecule is C[C@H](NC(=O)c1ccc2c(-c3ccc(C(F)(F)F)cc3)cccc2c1)C1=NNNN1C. The van der Waals surface area contributed by atoms with Gasteiger partial charge in [-0.25, -0.2) is 5.53 Å². The van der Waals surface area contributed by atoms with E-state index >= 15 is 0 Å². The molecule has 0 fully saturated rings. The van der Waals surface area contributed by atoms with E-state index in [-0.39, 0.29) is 11.9 Å². The average Bonchev–Trinajstić information content (AvgIpc) is 3.18. The summed E-state index contributed by atoms with van der Waals surface area (Å²) in [5.41, 5.74) is 6.67. The van der Waals surface area contributed by atoms with Crippen LogP contribution in [-0.2, 0) is 6.18 Å². The highest BCUT2D eigenvalue weighted by Gasteiger charge is 2.30. The Morgan fingerprint density at radius 1 is 1.10 bits per heavy atom. The maximum Gasteiger partial charge on any atom is 0.416 e. The summed E-state index contributed by atoms with van der Waals surface area (Å²) in [6.07, 6.45) is -4.37. The Balaban J connectivity index is 1.60. The van der Waals surface area contributed by atoms with Gasteiger partial charge in [-0.1, -0.05) is 36.4 Å². The number of rotatable bonds is 4. The van der Waals surface area contributed by atoms with Gasteiger partial charge in [-0.3, -0.25) is 9.80 Å². The van der Waals surface area contributed by atoms with Gasteiger partial charge in [-0.05, 0) is 53.1 Å². The first-order chi connectivity index (χ1) is 14.7. The van der Waals surface area contributed by atoms with Crippen molar-refractivity contribution in [3.63, 3.8) is 0 Å². The molecule has 0 saturated heterocycles. The summed E-state index contributed by atoms with van der Waals surface area (Å²) < 4.78 is 38.6. The van der Waals surface area contributed by atoms with Gasteiger partial charge in [-0.2, -0.15) is 13.2 Å². The Morgan fingerprint density at radius 2 is 1.84 bits per heavy atom. The zero-order chi connectivity index (χ0) is 22.2. The Hall–Kier alpha value is -3.59. The van der Waals surface area contributed by atoms with Crippen molar-refractivity contribution in [2.75, 3.05) is 7.05 Å². The number of carbonyl (C=O) groups excluding carboxylic acids is 1.